The summed E-state index contributed by atoms with van der Waals surface area (Å²) in [6.45, 7) is 2.81. The topological polar surface area (TPSA) is 59.1 Å². The summed E-state index contributed by atoms with van der Waals surface area (Å²) in [7, 11) is 1.64. The lowest BCUT2D eigenvalue weighted by molar-refractivity contribution is 0.417. The molecule has 1 aromatic carbocycles. The summed E-state index contributed by atoms with van der Waals surface area (Å²) < 4.78 is 6.09. The number of methoxy groups -OCH3 is 1. The van der Waals surface area contributed by atoms with Crippen LogP contribution in [0.5, 0.6) is 5.75 Å². The normalized spacial score (nSPS) is 10.1. The number of para-hydroxylation sites is 2. The first-order valence-electron chi connectivity index (χ1n) is 5.90. The maximum atomic E-state index is 5.30. The summed E-state index contributed by atoms with van der Waals surface area (Å²) in [4.78, 5) is 8.40. The molecule has 0 spiro atoms. The number of halogens is 1. The Balaban J connectivity index is 2.30. The lowest BCUT2D eigenvalue weighted by Crippen LogP contribution is -2.04. The van der Waals surface area contributed by atoms with Crippen LogP contribution in [-0.4, -0.2) is 23.6 Å². The molecule has 19 heavy (non-hydrogen) atoms. The van der Waals surface area contributed by atoms with Crippen molar-refractivity contribution in [3.05, 3.63) is 35.1 Å². The summed E-state index contributed by atoms with van der Waals surface area (Å²) in [5.41, 5.74) is 0.854. The second kappa shape index (κ2) is 6.38. The molecule has 2 rings (SSSR count). The molecule has 2 N–H and O–H groups in total. The van der Waals surface area contributed by atoms with Gasteiger partial charge in [0.15, 0.2) is 0 Å². The molecule has 0 amide bonds. The van der Waals surface area contributed by atoms with Crippen LogP contribution in [0, 0.1) is 0 Å². The van der Waals surface area contributed by atoms with Gasteiger partial charge < -0.3 is 15.4 Å². The summed E-state index contributed by atoms with van der Waals surface area (Å²) in [6.07, 6.45) is 1.51. The molecule has 0 aliphatic carbocycles. The third kappa shape index (κ3) is 3.14. The zero-order chi connectivity index (χ0) is 13.7. The predicted molar refractivity (Wildman–Crippen MR) is 80.2 cm³/mol. The molecule has 0 saturated heterocycles. The van der Waals surface area contributed by atoms with Crippen molar-refractivity contribution in [3.8, 4) is 5.75 Å². The van der Waals surface area contributed by atoms with E-state index in [2.05, 4.69) is 36.5 Å². The lowest BCUT2D eigenvalue weighted by Gasteiger charge is -2.13. The van der Waals surface area contributed by atoms with Crippen LogP contribution in [0.3, 0.4) is 0 Å². The zero-order valence-corrected chi connectivity index (χ0v) is 12.4. The molecule has 1 heterocycles. The quantitative estimate of drug-likeness (QED) is 0.883. The average Bonchev–Trinajstić information content (AvgIpc) is 2.44. The van der Waals surface area contributed by atoms with E-state index >= 15 is 0 Å². The molecule has 0 bridgehead atoms. The molecule has 2 aromatic rings. The van der Waals surface area contributed by atoms with Gasteiger partial charge in [-0.25, -0.2) is 9.97 Å². The Kier molecular flexibility index (Phi) is 4.57. The van der Waals surface area contributed by atoms with Crippen molar-refractivity contribution in [2.45, 2.75) is 6.92 Å². The van der Waals surface area contributed by atoms with Crippen LogP contribution in [0.2, 0.25) is 0 Å². The number of benzene rings is 1. The van der Waals surface area contributed by atoms with Gasteiger partial charge in [-0.05, 0) is 35.0 Å². The van der Waals surface area contributed by atoms with Crippen LogP contribution in [0.1, 0.15) is 6.92 Å². The first-order valence-corrected chi connectivity index (χ1v) is 6.70. The van der Waals surface area contributed by atoms with Crippen molar-refractivity contribution in [2.75, 3.05) is 24.3 Å². The summed E-state index contributed by atoms with van der Waals surface area (Å²) in [6, 6.07) is 7.68. The van der Waals surface area contributed by atoms with Crippen molar-refractivity contribution in [2.24, 2.45) is 0 Å². The highest BCUT2D eigenvalue weighted by Gasteiger charge is 2.10. The molecule has 1 aromatic heterocycles. The number of rotatable bonds is 5. The van der Waals surface area contributed by atoms with E-state index in [1.165, 1.54) is 6.33 Å². The summed E-state index contributed by atoms with van der Waals surface area (Å²) in [5, 5.41) is 6.39. The molecule has 6 heteroatoms. The smallest absolute Gasteiger partial charge is 0.150 e. The highest BCUT2D eigenvalue weighted by molar-refractivity contribution is 9.10. The number of anilines is 3. The largest absolute Gasteiger partial charge is 0.495 e. The molecular weight excluding hydrogens is 308 g/mol. The fourth-order valence-corrected chi connectivity index (χ4v) is 2.07. The van der Waals surface area contributed by atoms with Gasteiger partial charge in [-0.3, -0.25) is 0 Å². The number of nitrogens with one attached hydrogen (secondary N) is 2. The van der Waals surface area contributed by atoms with Gasteiger partial charge in [-0.1, -0.05) is 12.1 Å². The van der Waals surface area contributed by atoms with Gasteiger partial charge in [-0.2, -0.15) is 0 Å². The van der Waals surface area contributed by atoms with Gasteiger partial charge in [-0.15, -0.1) is 0 Å². The molecule has 5 nitrogen and oxygen atoms in total. The van der Waals surface area contributed by atoms with Crippen molar-refractivity contribution in [1.29, 1.82) is 0 Å². The fraction of sp³-hybridized carbons (Fsp3) is 0.231. The van der Waals surface area contributed by atoms with Crippen LogP contribution in [0.25, 0.3) is 0 Å². The maximum Gasteiger partial charge on any atom is 0.150 e. The van der Waals surface area contributed by atoms with E-state index < -0.39 is 0 Å². The number of hydrogen-bond acceptors (Lipinski definition) is 5. The lowest BCUT2D eigenvalue weighted by atomic mass is 10.3. The van der Waals surface area contributed by atoms with E-state index in [0.29, 0.717) is 5.82 Å². The van der Waals surface area contributed by atoms with Crippen molar-refractivity contribution < 1.29 is 4.74 Å². The minimum Gasteiger partial charge on any atom is -0.495 e. The van der Waals surface area contributed by atoms with Gasteiger partial charge in [0.05, 0.1) is 12.8 Å². The summed E-state index contributed by atoms with van der Waals surface area (Å²) in [5.74, 6) is 2.21. The Bertz CT molecular complexity index is 562. The Hall–Kier alpha value is -1.82. The van der Waals surface area contributed by atoms with E-state index in [-0.39, 0.29) is 0 Å². The van der Waals surface area contributed by atoms with E-state index in [1.54, 1.807) is 7.11 Å². The molecule has 100 valence electrons. The first kappa shape index (κ1) is 13.6. The molecule has 0 aliphatic heterocycles. The van der Waals surface area contributed by atoms with Gasteiger partial charge in [0.1, 0.15) is 28.2 Å². The zero-order valence-electron chi connectivity index (χ0n) is 10.8. The molecule has 0 aliphatic rings. The minimum atomic E-state index is 0.690. The predicted octanol–water partition coefficient (Wildman–Crippen LogP) is 3.42. The van der Waals surface area contributed by atoms with Gasteiger partial charge in [0.25, 0.3) is 0 Å². The monoisotopic (exact) mass is 322 g/mol. The second-order valence-electron chi connectivity index (χ2n) is 3.74. The number of aromatic nitrogens is 2. The third-order valence-corrected chi connectivity index (χ3v) is 3.24. The third-order valence-electron chi connectivity index (χ3n) is 2.49. The Morgan fingerprint density at radius 3 is 2.68 bits per heavy atom. The Labute approximate surface area is 120 Å². The summed E-state index contributed by atoms with van der Waals surface area (Å²) >= 11 is 3.50. The van der Waals surface area contributed by atoms with E-state index in [0.717, 1.165) is 28.3 Å². The van der Waals surface area contributed by atoms with Crippen molar-refractivity contribution >= 4 is 33.3 Å². The molecule has 0 atom stereocenters. The van der Waals surface area contributed by atoms with Crippen molar-refractivity contribution in [3.63, 3.8) is 0 Å². The second-order valence-corrected chi connectivity index (χ2v) is 4.53. The van der Waals surface area contributed by atoms with Gasteiger partial charge in [0.2, 0.25) is 0 Å². The molecule has 0 unspecified atom stereocenters. The number of ether oxygens (including phenoxy) is 1. The van der Waals surface area contributed by atoms with Crippen LogP contribution in [-0.2, 0) is 0 Å². The average molecular weight is 323 g/mol. The van der Waals surface area contributed by atoms with E-state index in [4.69, 9.17) is 4.74 Å². The number of hydrogen-bond donors (Lipinski definition) is 2. The van der Waals surface area contributed by atoms with Gasteiger partial charge in [0, 0.05) is 6.54 Å². The van der Waals surface area contributed by atoms with Crippen LogP contribution < -0.4 is 15.4 Å². The SMILES string of the molecule is CCNc1ncnc(Nc2ccccc2OC)c1Br. The van der Waals surface area contributed by atoms with E-state index in [1.807, 2.05) is 31.2 Å². The first-order chi connectivity index (χ1) is 9.26. The Morgan fingerprint density at radius 1 is 1.21 bits per heavy atom. The van der Waals surface area contributed by atoms with E-state index in [9.17, 15) is 0 Å². The van der Waals surface area contributed by atoms with Crippen LogP contribution in [0.4, 0.5) is 17.3 Å². The fourth-order valence-electron chi connectivity index (χ4n) is 1.62. The molecule has 0 saturated carbocycles. The van der Waals surface area contributed by atoms with Crippen LogP contribution >= 0.6 is 15.9 Å². The molecule has 0 radical (unpaired) electrons. The van der Waals surface area contributed by atoms with Gasteiger partial charge >= 0.3 is 0 Å². The Morgan fingerprint density at radius 2 is 1.95 bits per heavy atom. The highest BCUT2D eigenvalue weighted by Crippen LogP contribution is 2.32. The number of nitrogens with zero attached hydrogens (tertiary/aromatic N) is 2. The standard InChI is InChI=1S/C13H15BrN4O/c1-3-15-12-11(14)13(17-8-16-12)18-9-6-4-5-7-10(9)19-2/h4-8H,3H2,1-2H3,(H2,15,16,17,18). The van der Waals surface area contributed by atoms with Crippen LogP contribution in [0.15, 0.2) is 35.1 Å². The van der Waals surface area contributed by atoms with Crippen molar-refractivity contribution in [1.82, 2.24) is 9.97 Å². The highest BCUT2D eigenvalue weighted by atomic mass is 79.9. The maximum absolute atomic E-state index is 5.30. The minimum absolute atomic E-state index is 0.690. The molecular formula is C13H15BrN4O. The molecule has 0 fully saturated rings.